The van der Waals surface area contributed by atoms with E-state index in [1.807, 2.05) is 11.9 Å². The zero-order valence-corrected chi connectivity index (χ0v) is 14.9. The van der Waals surface area contributed by atoms with Crippen LogP contribution in [0.1, 0.15) is 37.7 Å². The number of carbonyl (C=O) groups excluding carboxylic acids is 1. The Labute approximate surface area is 141 Å². The van der Waals surface area contributed by atoms with E-state index in [1.165, 1.54) is 12.0 Å². The molecular formula is C18H25BrN2O. The second-order valence-corrected chi connectivity index (χ2v) is 7.63. The first kappa shape index (κ1) is 16.0. The maximum Gasteiger partial charge on any atom is 0.225 e. The Morgan fingerprint density at radius 3 is 2.59 bits per heavy atom. The van der Waals surface area contributed by atoms with Gasteiger partial charge in [-0.1, -0.05) is 34.5 Å². The summed E-state index contributed by atoms with van der Waals surface area (Å²) >= 11 is 3.53. The first-order valence-electron chi connectivity index (χ1n) is 8.37. The van der Waals surface area contributed by atoms with Gasteiger partial charge in [0.2, 0.25) is 5.91 Å². The van der Waals surface area contributed by atoms with Gasteiger partial charge in [0.1, 0.15) is 0 Å². The molecule has 1 saturated heterocycles. The third kappa shape index (κ3) is 3.72. The van der Waals surface area contributed by atoms with Gasteiger partial charge in [-0.25, -0.2) is 0 Å². The van der Waals surface area contributed by atoms with Crippen LogP contribution in [0.3, 0.4) is 0 Å². The minimum Gasteiger partial charge on any atom is -0.342 e. The van der Waals surface area contributed by atoms with Crippen LogP contribution in [0.25, 0.3) is 0 Å². The highest BCUT2D eigenvalue weighted by molar-refractivity contribution is 9.10. The fourth-order valence-corrected chi connectivity index (χ4v) is 3.93. The van der Waals surface area contributed by atoms with Crippen LogP contribution in [0.2, 0.25) is 0 Å². The number of halogens is 1. The van der Waals surface area contributed by atoms with Gasteiger partial charge in [-0.05, 0) is 43.4 Å². The molecule has 1 amide bonds. The van der Waals surface area contributed by atoms with Gasteiger partial charge in [0.25, 0.3) is 0 Å². The van der Waals surface area contributed by atoms with Crippen molar-refractivity contribution in [3.05, 3.63) is 34.3 Å². The SMILES string of the molecule is CN(C(=O)C1CCC1)C1CCN(Cc2cccc(Br)c2)CC1. The van der Waals surface area contributed by atoms with E-state index in [-0.39, 0.29) is 0 Å². The largest absolute Gasteiger partial charge is 0.342 e. The first-order valence-corrected chi connectivity index (χ1v) is 9.16. The molecule has 2 fully saturated rings. The molecule has 2 aliphatic rings. The Kier molecular flexibility index (Phi) is 5.19. The van der Waals surface area contributed by atoms with Crippen LogP contribution < -0.4 is 0 Å². The number of hydrogen-bond donors (Lipinski definition) is 0. The zero-order valence-electron chi connectivity index (χ0n) is 13.3. The molecule has 1 aromatic carbocycles. The lowest BCUT2D eigenvalue weighted by molar-refractivity contribution is -0.139. The van der Waals surface area contributed by atoms with Crippen molar-refractivity contribution in [3.8, 4) is 0 Å². The minimum absolute atomic E-state index is 0.324. The molecule has 22 heavy (non-hydrogen) atoms. The van der Waals surface area contributed by atoms with Crippen LogP contribution in [-0.4, -0.2) is 41.9 Å². The molecule has 3 nitrogen and oxygen atoms in total. The molecule has 0 unspecified atom stereocenters. The smallest absolute Gasteiger partial charge is 0.225 e. The average Bonchev–Trinajstić information content (AvgIpc) is 2.45. The summed E-state index contributed by atoms with van der Waals surface area (Å²) in [6.45, 7) is 3.17. The fourth-order valence-electron chi connectivity index (χ4n) is 3.48. The minimum atomic E-state index is 0.324. The number of nitrogens with zero attached hydrogens (tertiary/aromatic N) is 2. The summed E-state index contributed by atoms with van der Waals surface area (Å²) in [6, 6.07) is 8.97. The molecule has 3 rings (SSSR count). The van der Waals surface area contributed by atoms with Crippen molar-refractivity contribution in [2.75, 3.05) is 20.1 Å². The molecule has 0 atom stereocenters. The maximum absolute atomic E-state index is 12.3. The van der Waals surface area contributed by atoms with Gasteiger partial charge in [0.15, 0.2) is 0 Å². The van der Waals surface area contributed by atoms with E-state index in [1.54, 1.807) is 0 Å². The van der Waals surface area contributed by atoms with Crippen molar-refractivity contribution in [2.45, 2.75) is 44.7 Å². The quantitative estimate of drug-likeness (QED) is 0.813. The predicted molar refractivity (Wildman–Crippen MR) is 92.6 cm³/mol. The van der Waals surface area contributed by atoms with Crippen molar-refractivity contribution in [1.82, 2.24) is 9.80 Å². The lowest BCUT2D eigenvalue weighted by Crippen LogP contribution is -2.48. The highest BCUT2D eigenvalue weighted by Gasteiger charge is 2.32. The molecule has 1 aliphatic carbocycles. The Bertz CT molecular complexity index is 522. The lowest BCUT2D eigenvalue weighted by Gasteiger charge is -2.39. The predicted octanol–water partition coefficient (Wildman–Crippen LogP) is 3.67. The molecule has 0 N–H and O–H groups in total. The van der Waals surface area contributed by atoms with Gasteiger partial charge < -0.3 is 4.90 Å². The number of hydrogen-bond acceptors (Lipinski definition) is 2. The summed E-state index contributed by atoms with van der Waals surface area (Å²) in [7, 11) is 2.01. The van der Waals surface area contributed by atoms with Crippen LogP contribution in [-0.2, 0) is 11.3 Å². The first-order chi connectivity index (χ1) is 10.6. The van der Waals surface area contributed by atoms with Crippen LogP contribution in [0.4, 0.5) is 0 Å². The van der Waals surface area contributed by atoms with E-state index in [0.717, 1.165) is 49.8 Å². The highest BCUT2D eigenvalue weighted by Crippen LogP contribution is 2.29. The van der Waals surface area contributed by atoms with Crippen molar-refractivity contribution in [1.29, 1.82) is 0 Å². The van der Waals surface area contributed by atoms with E-state index in [9.17, 15) is 4.79 Å². The lowest BCUT2D eigenvalue weighted by atomic mass is 9.84. The summed E-state index contributed by atoms with van der Waals surface area (Å²) < 4.78 is 1.14. The van der Waals surface area contributed by atoms with E-state index < -0.39 is 0 Å². The molecule has 4 heteroatoms. The molecule has 0 spiro atoms. The molecule has 0 bridgehead atoms. The van der Waals surface area contributed by atoms with Gasteiger partial charge >= 0.3 is 0 Å². The molecule has 1 aromatic rings. The molecule has 1 aliphatic heterocycles. The Balaban J connectivity index is 1.48. The molecule has 1 saturated carbocycles. The average molecular weight is 365 g/mol. The number of carbonyl (C=O) groups is 1. The third-order valence-corrected chi connectivity index (χ3v) is 5.70. The van der Waals surface area contributed by atoms with Crippen LogP contribution in [0, 0.1) is 5.92 Å². The van der Waals surface area contributed by atoms with E-state index in [2.05, 4.69) is 45.1 Å². The number of piperidine rings is 1. The van der Waals surface area contributed by atoms with Crippen LogP contribution in [0.15, 0.2) is 28.7 Å². The third-order valence-electron chi connectivity index (χ3n) is 5.20. The Morgan fingerprint density at radius 2 is 2.00 bits per heavy atom. The van der Waals surface area contributed by atoms with E-state index >= 15 is 0 Å². The summed E-state index contributed by atoms with van der Waals surface area (Å²) in [5.41, 5.74) is 1.35. The standard InChI is InChI=1S/C18H25BrN2O/c1-20(18(22)15-5-3-6-15)17-8-10-21(11-9-17)13-14-4-2-7-16(19)12-14/h2,4,7,12,15,17H,3,5-6,8-11,13H2,1H3. The summed E-state index contributed by atoms with van der Waals surface area (Å²) in [4.78, 5) is 16.9. The van der Waals surface area contributed by atoms with Crippen molar-refractivity contribution >= 4 is 21.8 Å². The number of likely N-dealkylation sites (tertiary alicyclic amines) is 1. The maximum atomic E-state index is 12.3. The van der Waals surface area contributed by atoms with Gasteiger partial charge in [-0.15, -0.1) is 0 Å². The van der Waals surface area contributed by atoms with Gasteiger partial charge in [-0.3, -0.25) is 9.69 Å². The zero-order chi connectivity index (χ0) is 15.5. The summed E-state index contributed by atoms with van der Waals surface area (Å²) in [6.07, 6.45) is 5.64. The Hall–Kier alpha value is -0.870. The van der Waals surface area contributed by atoms with Crippen molar-refractivity contribution in [2.24, 2.45) is 5.92 Å². The van der Waals surface area contributed by atoms with Gasteiger partial charge in [0.05, 0.1) is 0 Å². The molecule has 1 heterocycles. The summed E-state index contributed by atoms with van der Waals surface area (Å²) in [5, 5.41) is 0. The van der Waals surface area contributed by atoms with E-state index in [4.69, 9.17) is 0 Å². The topological polar surface area (TPSA) is 23.6 Å². The fraction of sp³-hybridized carbons (Fsp3) is 0.611. The molecule has 120 valence electrons. The second-order valence-electron chi connectivity index (χ2n) is 6.71. The monoisotopic (exact) mass is 364 g/mol. The Morgan fingerprint density at radius 1 is 1.27 bits per heavy atom. The number of amides is 1. The molecule has 0 aromatic heterocycles. The second kappa shape index (κ2) is 7.14. The number of rotatable bonds is 4. The summed E-state index contributed by atoms with van der Waals surface area (Å²) in [5.74, 6) is 0.710. The van der Waals surface area contributed by atoms with Gasteiger partial charge in [-0.2, -0.15) is 0 Å². The highest BCUT2D eigenvalue weighted by atomic mass is 79.9. The number of benzene rings is 1. The van der Waals surface area contributed by atoms with Crippen LogP contribution in [0.5, 0.6) is 0 Å². The van der Waals surface area contributed by atoms with Gasteiger partial charge in [0, 0.05) is 43.1 Å². The molecule has 0 radical (unpaired) electrons. The van der Waals surface area contributed by atoms with Crippen molar-refractivity contribution in [3.63, 3.8) is 0 Å². The van der Waals surface area contributed by atoms with Crippen LogP contribution >= 0.6 is 15.9 Å². The van der Waals surface area contributed by atoms with E-state index in [0.29, 0.717) is 17.9 Å². The molecular weight excluding hydrogens is 340 g/mol. The normalized spacial score (nSPS) is 20.6. The van der Waals surface area contributed by atoms with Crippen molar-refractivity contribution < 1.29 is 4.79 Å².